The topological polar surface area (TPSA) is 80.9 Å². The van der Waals surface area contributed by atoms with E-state index >= 15 is 0 Å². The average Bonchev–Trinajstić information content (AvgIpc) is 2.41. The van der Waals surface area contributed by atoms with Gasteiger partial charge >= 0.3 is 0 Å². The predicted octanol–water partition coefficient (Wildman–Crippen LogP) is 3.20. The largest absolute Gasteiger partial charge is 0.396 e. The number of hydrogen-bond donors (Lipinski definition) is 2. The van der Waals surface area contributed by atoms with Gasteiger partial charge in [0.15, 0.2) is 5.69 Å². The highest BCUT2D eigenvalue weighted by Gasteiger charge is 2.15. The highest BCUT2D eigenvalue weighted by atomic mass is 79.9. The minimum absolute atomic E-state index is 0.130. The number of para-hydroxylation sites is 1. The first-order valence-corrected chi connectivity index (χ1v) is 6.96. The Balaban J connectivity index is 2.30. The van der Waals surface area contributed by atoms with Crippen molar-refractivity contribution in [2.75, 3.05) is 11.1 Å². The molecule has 20 heavy (non-hydrogen) atoms. The number of hydrogen-bond acceptors (Lipinski definition) is 4. The van der Waals surface area contributed by atoms with Gasteiger partial charge in [-0.3, -0.25) is 4.79 Å². The van der Waals surface area contributed by atoms with Gasteiger partial charge < -0.3 is 11.1 Å². The Morgan fingerprint density at radius 2 is 2.05 bits per heavy atom. The number of benzene rings is 1. The SMILES string of the molecule is CC(C)c1ncc(N)c(C(=O)Nc2ccccc2Br)n1. The predicted molar refractivity (Wildman–Crippen MR) is 82.6 cm³/mol. The van der Waals surface area contributed by atoms with Crippen molar-refractivity contribution in [3.05, 3.63) is 46.5 Å². The third-order valence-corrected chi connectivity index (χ3v) is 3.38. The van der Waals surface area contributed by atoms with Crippen molar-refractivity contribution in [2.24, 2.45) is 0 Å². The Morgan fingerprint density at radius 3 is 2.70 bits per heavy atom. The van der Waals surface area contributed by atoms with Gasteiger partial charge in [-0.25, -0.2) is 9.97 Å². The van der Waals surface area contributed by atoms with Gasteiger partial charge in [0.05, 0.1) is 17.6 Å². The fraction of sp³-hybridized carbons (Fsp3) is 0.214. The van der Waals surface area contributed by atoms with Crippen molar-refractivity contribution in [1.82, 2.24) is 9.97 Å². The van der Waals surface area contributed by atoms with Crippen LogP contribution < -0.4 is 11.1 Å². The van der Waals surface area contributed by atoms with E-state index in [4.69, 9.17) is 5.73 Å². The maximum atomic E-state index is 12.3. The Labute approximate surface area is 125 Å². The van der Waals surface area contributed by atoms with Crippen LogP contribution >= 0.6 is 15.9 Å². The molecule has 0 atom stereocenters. The quantitative estimate of drug-likeness (QED) is 0.903. The maximum absolute atomic E-state index is 12.3. The number of nitrogen functional groups attached to an aromatic ring is 1. The van der Waals surface area contributed by atoms with Crippen molar-refractivity contribution in [3.8, 4) is 0 Å². The van der Waals surface area contributed by atoms with E-state index in [0.29, 0.717) is 11.5 Å². The van der Waals surface area contributed by atoms with Crippen molar-refractivity contribution in [1.29, 1.82) is 0 Å². The molecular formula is C14H15BrN4O. The van der Waals surface area contributed by atoms with Gasteiger partial charge in [0, 0.05) is 10.4 Å². The maximum Gasteiger partial charge on any atom is 0.276 e. The third kappa shape index (κ3) is 3.14. The molecule has 0 radical (unpaired) electrons. The van der Waals surface area contributed by atoms with E-state index in [-0.39, 0.29) is 23.2 Å². The summed E-state index contributed by atoms with van der Waals surface area (Å²) in [4.78, 5) is 20.6. The molecule has 0 saturated carbocycles. The Kier molecular flexibility index (Phi) is 4.34. The number of carbonyl (C=O) groups excluding carboxylic acids is 1. The average molecular weight is 335 g/mol. The van der Waals surface area contributed by atoms with Crippen molar-refractivity contribution in [2.45, 2.75) is 19.8 Å². The van der Waals surface area contributed by atoms with Gasteiger partial charge in [0.2, 0.25) is 0 Å². The second kappa shape index (κ2) is 6.00. The summed E-state index contributed by atoms with van der Waals surface area (Å²) in [5.74, 6) is 0.376. The van der Waals surface area contributed by atoms with Crippen LogP contribution in [0.25, 0.3) is 0 Å². The lowest BCUT2D eigenvalue weighted by Crippen LogP contribution is -2.18. The van der Waals surface area contributed by atoms with Crippen molar-refractivity contribution < 1.29 is 4.79 Å². The molecule has 1 heterocycles. The van der Waals surface area contributed by atoms with Gasteiger partial charge in [-0.2, -0.15) is 0 Å². The number of carbonyl (C=O) groups is 1. The molecule has 1 aromatic heterocycles. The van der Waals surface area contributed by atoms with Crippen LogP contribution in [0.4, 0.5) is 11.4 Å². The first-order chi connectivity index (χ1) is 9.49. The molecule has 1 amide bonds. The van der Waals surface area contributed by atoms with Crippen LogP contribution in [0, 0.1) is 0 Å². The summed E-state index contributed by atoms with van der Waals surface area (Å²) in [5.41, 5.74) is 6.91. The van der Waals surface area contributed by atoms with Crippen molar-refractivity contribution >= 4 is 33.2 Å². The van der Waals surface area contributed by atoms with Crippen molar-refractivity contribution in [3.63, 3.8) is 0 Å². The Hall–Kier alpha value is -1.95. The van der Waals surface area contributed by atoms with Crippen LogP contribution in [-0.2, 0) is 0 Å². The van der Waals surface area contributed by atoms with Gasteiger partial charge in [-0.1, -0.05) is 26.0 Å². The van der Waals surface area contributed by atoms with E-state index in [9.17, 15) is 4.79 Å². The summed E-state index contributed by atoms with van der Waals surface area (Å²) in [6.45, 7) is 3.92. The molecule has 0 aliphatic heterocycles. The fourth-order valence-electron chi connectivity index (χ4n) is 1.61. The van der Waals surface area contributed by atoms with Crippen LogP contribution in [0.3, 0.4) is 0 Å². The molecule has 2 aromatic rings. The number of aromatic nitrogens is 2. The van der Waals surface area contributed by atoms with E-state index in [1.807, 2.05) is 32.0 Å². The monoisotopic (exact) mass is 334 g/mol. The molecule has 0 bridgehead atoms. The summed E-state index contributed by atoms with van der Waals surface area (Å²) >= 11 is 3.37. The molecule has 5 nitrogen and oxygen atoms in total. The molecule has 0 aliphatic carbocycles. The lowest BCUT2D eigenvalue weighted by molar-refractivity contribution is 0.102. The second-order valence-electron chi connectivity index (χ2n) is 4.62. The molecular weight excluding hydrogens is 320 g/mol. The molecule has 6 heteroatoms. The minimum Gasteiger partial charge on any atom is -0.396 e. The number of halogens is 1. The van der Waals surface area contributed by atoms with E-state index in [1.54, 1.807) is 6.07 Å². The molecule has 3 N–H and O–H groups in total. The fourth-order valence-corrected chi connectivity index (χ4v) is 1.99. The van der Waals surface area contributed by atoms with E-state index in [2.05, 4.69) is 31.2 Å². The lowest BCUT2D eigenvalue weighted by atomic mass is 10.2. The summed E-state index contributed by atoms with van der Waals surface area (Å²) in [6, 6.07) is 7.35. The van der Waals surface area contributed by atoms with Crippen LogP contribution in [0.1, 0.15) is 36.1 Å². The second-order valence-corrected chi connectivity index (χ2v) is 5.48. The zero-order valence-electron chi connectivity index (χ0n) is 11.2. The molecule has 0 spiro atoms. The zero-order valence-corrected chi connectivity index (χ0v) is 12.8. The summed E-state index contributed by atoms with van der Waals surface area (Å²) in [5, 5.41) is 2.78. The molecule has 0 aliphatic rings. The van der Waals surface area contributed by atoms with E-state index in [1.165, 1.54) is 6.20 Å². The summed E-state index contributed by atoms with van der Waals surface area (Å²) in [6.07, 6.45) is 1.47. The molecule has 104 valence electrons. The number of nitrogens with two attached hydrogens (primary N) is 1. The van der Waals surface area contributed by atoms with Gasteiger partial charge in [0.1, 0.15) is 5.82 Å². The number of nitrogens with zero attached hydrogens (tertiary/aromatic N) is 2. The summed E-state index contributed by atoms with van der Waals surface area (Å²) < 4.78 is 0.796. The Bertz CT molecular complexity index is 643. The van der Waals surface area contributed by atoms with Crippen LogP contribution in [0.2, 0.25) is 0 Å². The number of anilines is 2. The number of amides is 1. The highest BCUT2D eigenvalue weighted by Crippen LogP contribution is 2.22. The molecule has 2 rings (SSSR count). The van der Waals surface area contributed by atoms with Crippen LogP contribution in [0.15, 0.2) is 34.9 Å². The third-order valence-electron chi connectivity index (χ3n) is 2.69. The highest BCUT2D eigenvalue weighted by molar-refractivity contribution is 9.10. The number of rotatable bonds is 3. The minimum atomic E-state index is -0.348. The smallest absolute Gasteiger partial charge is 0.276 e. The first-order valence-electron chi connectivity index (χ1n) is 6.17. The number of nitrogens with one attached hydrogen (secondary N) is 1. The summed E-state index contributed by atoms with van der Waals surface area (Å²) in [7, 11) is 0. The van der Waals surface area contributed by atoms with Gasteiger partial charge in [-0.15, -0.1) is 0 Å². The normalized spacial score (nSPS) is 10.6. The lowest BCUT2D eigenvalue weighted by Gasteiger charge is -2.10. The van der Waals surface area contributed by atoms with Crippen LogP contribution in [-0.4, -0.2) is 15.9 Å². The molecule has 0 saturated heterocycles. The van der Waals surface area contributed by atoms with Crippen LogP contribution in [0.5, 0.6) is 0 Å². The van der Waals surface area contributed by atoms with Gasteiger partial charge in [0.25, 0.3) is 5.91 Å². The first kappa shape index (κ1) is 14.5. The van der Waals surface area contributed by atoms with E-state index in [0.717, 1.165) is 4.47 Å². The zero-order chi connectivity index (χ0) is 14.7. The van der Waals surface area contributed by atoms with Gasteiger partial charge in [-0.05, 0) is 28.1 Å². The molecule has 0 unspecified atom stereocenters. The molecule has 0 fully saturated rings. The van der Waals surface area contributed by atoms with E-state index < -0.39 is 0 Å². The molecule has 1 aromatic carbocycles. The standard InChI is InChI=1S/C14H15BrN4O/c1-8(2)13-17-7-10(16)12(19-13)14(20)18-11-6-4-3-5-9(11)15/h3-8H,16H2,1-2H3,(H,18,20). The Morgan fingerprint density at radius 1 is 1.35 bits per heavy atom.